The van der Waals surface area contributed by atoms with Gasteiger partial charge in [-0.15, -0.1) is 0 Å². The first-order valence-electron chi connectivity index (χ1n) is 7.04. The standard InChI is InChI=1S/C17H23NO/c1-4-18(12-17(19)13(2)3)16-11-7-9-14-8-5-6-10-15(14)16/h5-11,13,17,19H,4,12H2,1-3H3. The molecule has 2 rings (SSSR count). The Balaban J connectivity index is 2.35. The second-order valence-electron chi connectivity index (χ2n) is 5.35. The van der Waals surface area contributed by atoms with Gasteiger partial charge in [-0.3, -0.25) is 0 Å². The zero-order chi connectivity index (χ0) is 13.8. The molecule has 1 N–H and O–H groups in total. The molecule has 0 fully saturated rings. The Morgan fingerprint density at radius 1 is 1.05 bits per heavy atom. The molecule has 102 valence electrons. The van der Waals surface area contributed by atoms with E-state index in [4.69, 9.17) is 0 Å². The first kappa shape index (κ1) is 13.9. The Bertz CT molecular complexity index is 530. The van der Waals surface area contributed by atoms with Crippen LogP contribution in [0.25, 0.3) is 10.8 Å². The molecule has 2 nitrogen and oxygen atoms in total. The van der Waals surface area contributed by atoms with Crippen molar-refractivity contribution in [1.82, 2.24) is 0 Å². The van der Waals surface area contributed by atoms with Crippen LogP contribution in [0, 0.1) is 5.92 Å². The van der Waals surface area contributed by atoms with E-state index in [1.54, 1.807) is 0 Å². The van der Waals surface area contributed by atoms with Crippen molar-refractivity contribution in [2.24, 2.45) is 5.92 Å². The molecule has 2 heteroatoms. The number of hydrogen-bond donors (Lipinski definition) is 1. The molecular weight excluding hydrogens is 234 g/mol. The fourth-order valence-electron chi connectivity index (χ4n) is 2.32. The number of hydrogen-bond acceptors (Lipinski definition) is 2. The van der Waals surface area contributed by atoms with Crippen LogP contribution in [0.2, 0.25) is 0 Å². The fraction of sp³-hybridized carbons (Fsp3) is 0.412. The molecule has 0 amide bonds. The highest BCUT2D eigenvalue weighted by atomic mass is 16.3. The molecule has 0 aliphatic carbocycles. The third kappa shape index (κ3) is 3.07. The number of aliphatic hydroxyl groups excluding tert-OH is 1. The highest BCUT2D eigenvalue weighted by molar-refractivity contribution is 5.94. The summed E-state index contributed by atoms with van der Waals surface area (Å²) in [7, 11) is 0. The summed E-state index contributed by atoms with van der Waals surface area (Å²) in [4.78, 5) is 2.26. The highest BCUT2D eigenvalue weighted by Gasteiger charge is 2.15. The van der Waals surface area contributed by atoms with Gasteiger partial charge in [0, 0.05) is 24.2 Å². The zero-order valence-corrected chi connectivity index (χ0v) is 12.0. The van der Waals surface area contributed by atoms with Gasteiger partial charge in [0.05, 0.1) is 6.10 Å². The van der Waals surface area contributed by atoms with Crippen LogP contribution in [0.5, 0.6) is 0 Å². The van der Waals surface area contributed by atoms with E-state index in [1.807, 2.05) is 0 Å². The molecule has 0 aliphatic rings. The first-order valence-corrected chi connectivity index (χ1v) is 7.04. The van der Waals surface area contributed by atoms with Gasteiger partial charge in [0.2, 0.25) is 0 Å². The van der Waals surface area contributed by atoms with Crippen molar-refractivity contribution < 1.29 is 5.11 Å². The molecular formula is C17H23NO. The largest absolute Gasteiger partial charge is 0.391 e. The minimum Gasteiger partial charge on any atom is -0.391 e. The number of aliphatic hydroxyl groups is 1. The van der Waals surface area contributed by atoms with Gasteiger partial charge in [-0.25, -0.2) is 0 Å². The molecule has 1 atom stereocenters. The van der Waals surface area contributed by atoms with Crippen molar-refractivity contribution in [1.29, 1.82) is 0 Å². The zero-order valence-electron chi connectivity index (χ0n) is 12.0. The van der Waals surface area contributed by atoms with Crippen LogP contribution in [-0.4, -0.2) is 24.3 Å². The summed E-state index contributed by atoms with van der Waals surface area (Å²) in [5.41, 5.74) is 1.21. The van der Waals surface area contributed by atoms with Gasteiger partial charge in [-0.05, 0) is 24.3 Å². The molecule has 1 unspecified atom stereocenters. The van der Waals surface area contributed by atoms with Crippen molar-refractivity contribution in [2.75, 3.05) is 18.0 Å². The van der Waals surface area contributed by atoms with Gasteiger partial charge >= 0.3 is 0 Å². The molecule has 0 spiro atoms. The van der Waals surface area contributed by atoms with E-state index in [2.05, 4.69) is 68.1 Å². The summed E-state index contributed by atoms with van der Waals surface area (Å²) < 4.78 is 0. The normalized spacial score (nSPS) is 12.9. The monoisotopic (exact) mass is 257 g/mol. The van der Waals surface area contributed by atoms with Gasteiger partial charge < -0.3 is 10.0 Å². The van der Waals surface area contributed by atoms with Crippen LogP contribution in [0.1, 0.15) is 20.8 Å². The van der Waals surface area contributed by atoms with Gasteiger partial charge in [-0.2, -0.15) is 0 Å². The van der Waals surface area contributed by atoms with Crippen molar-refractivity contribution in [3.8, 4) is 0 Å². The van der Waals surface area contributed by atoms with Gasteiger partial charge in [-0.1, -0.05) is 50.2 Å². The van der Waals surface area contributed by atoms with E-state index < -0.39 is 0 Å². The summed E-state index contributed by atoms with van der Waals surface area (Å²) >= 11 is 0. The Hall–Kier alpha value is -1.54. The maximum Gasteiger partial charge on any atom is 0.0737 e. The van der Waals surface area contributed by atoms with Crippen LogP contribution >= 0.6 is 0 Å². The van der Waals surface area contributed by atoms with Crippen molar-refractivity contribution in [3.63, 3.8) is 0 Å². The molecule has 0 aromatic heterocycles. The lowest BCUT2D eigenvalue weighted by Gasteiger charge is -2.28. The van der Waals surface area contributed by atoms with Crippen LogP contribution < -0.4 is 4.90 Å². The number of likely N-dealkylation sites (N-methyl/N-ethyl adjacent to an activating group) is 1. The molecule has 0 aliphatic heterocycles. The first-order chi connectivity index (χ1) is 9.13. The number of benzene rings is 2. The second-order valence-corrected chi connectivity index (χ2v) is 5.35. The molecule has 0 bridgehead atoms. The molecule has 0 radical (unpaired) electrons. The van der Waals surface area contributed by atoms with Gasteiger partial charge in [0.15, 0.2) is 0 Å². The third-order valence-electron chi connectivity index (χ3n) is 3.67. The summed E-state index contributed by atoms with van der Waals surface area (Å²) in [6, 6.07) is 14.8. The van der Waals surface area contributed by atoms with Crippen molar-refractivity contribution in [3.05, 3.63) is 42.5 Å². The SMILES string of the molecule is CCN(CC(O)C(C)C)c1cccc2ccccc12. The van der Waals surface area contributed by atoms with E-state index in [9.17, 15) is 5.11 Å². The third-order valence-corrected chi connectivity index (χ3v) is 3.67. The highest BCUT2D eigenvalue weighted by Crippen LogP contribution is 2.27. The molecule has 0 heterocycles. The maximum atomic E-state index is 10.1. The minimum atomic E-state index is -0.293. The summed E-state index contributed by atoms with van der Waals surface area (Å²) in [5, 5.41) is 12.6. The number of nitrogens with zero attached hydrogens (tertiary/aromatic N) is 1. The molecule has 19 heavy (non-hydrogen) atoms. The van der Waals surface area contributed by atoms with E-state index in [0.717, 1.165) is 6.54 Å². The number of anilines is 1. The average Bonchev–Trinajstić information content (AvgIpc) is 2.44. The lowest BCUT2D eigenvalue weighted by Crippen LogP contribution is -2.35. The van der Waals surface area contributed by atoms with Crippen LogP contribution in [-0.2, 0) is 0 Å². The number of rotatable bonds is 5. The van der Waals surface area contributed by atoms with Crippen LogP contribution in [0.4, 0.5) is 5.69 Å². The van der Waals surface area contributed by atoms with E-state index >= 15 is 0 Å². The van der Waals surface area contributed by atoms with E-state index in [1.165, 1.54) is 16.5 Å². The predicted octanol–water partition coefficient (Wildman–Crippen LogP) is 3.68. The molecule has 2 aromatic carbocycles. The lowest BCUT2D eigenvalue weighted by atomic mass is 10.0. The Morgan fingerprint density at radius 2 is 1.74 bits per heavy atom. The average molecular weight is 257 g/mol. The second kappa shape index (κ2) is 6.07. The van der Waals surface area contributed by atoms with Crippen molar-refractivity contribution >= 4 is 16.5 Å². The molecule has 2 aromatic rings. The smallest absolute Gasteiger partial charge is 0.0737 e. The summed E-state index contributed by atoms with van der Waals surface area (Å²) in [6.45, 7) is 7.83. The fourth-order valence-corrected chi connectivity index (χ4v) is 2.32. The Labute approximate surface area is 115 Å². The van der Waals surface area contributed by atoms with Gasteiger partial charge in [0.1, 0.15) is 0 Å². The number of fused-ring (bicyclic) bond motifs is 1. The van der Waals surface area contributed by atoms with E-state index in [0.29, 0.717) is 6.54 Å². The summed E-state index contributed by atoms with van der Waals surface area (Å²) in [5.74, 6) is 0.282. The van der Waals surface area contributed by atoms with Crippen molar-refractivity contribution in [2.45, 2.75) is 26.9 Å². The van der Waals surface area contributed by atoms with Crippen LogP contribution in [0.3, 0.4) is 0 Å². The predicted molar refractivity (Wildman–Crippen MR) is 82.7 cm³/mol. The summed E-state index contributed by atoms with van der Waals surface area (Å²) in [6.07, 6.45) is -0.293. The Kier molecular flexibility index (Phi) is 4.43. The molecule has 0 saturated heterocycles. The maximum absolute atomic E-state index is 10.1. The topological polar surface area (TPSA) is 23.5 Å². The Morgan fingerprint density at radius 3 is 2.42 bits per heavy atom. The van der Waals surface area contributed by atoms with Crippen LogP contribution in [0.15, 0.2) is 42.5 Å². The van der Waals surface area contributed by atoms with E-state index in [-0.39, 0.29) is 12.0 Å². The quantitative estimate of drug-likeness (QED) is 0.883. The van der Waals surface area contributed by atoms with Gasteiger partial charge in [0.25, 0.3) is 0 Å². The lowest BCUT2D eigenvalue weighted by molar-refractivity contribution is 0.131. The molecule has 0 saturated carbocycles. The minimum absolute atomic E-state index is 0.282.